The van der Waals surface area contributed by atoms with Crippen LogP contribution in [0.1, 0.15) is 46.5 Å². The minimum absolute atomic E-state index is 0.160. The summed E-state index contributed by atoms with van der Waals surface area (Å²) in [5, 5.41) is 9.90. The molecular formula is C27H36ClN5O3S. The second-order valence-corrected chi connectivity index (χ2v) is 12.6. The number of fused-ring (bicyclic) bond motifs is 1. The molecule has 1 aromatic heterocycles. The first-order valence-corrected chi connectivity index (χ1v) is 14.7. The number of para-hydroxylation sites is 1. The molecule has 1 saturated heterocycles. The number of hydrogen-bond donors (Lipinski definition) is 3. The maximum absolute atomic E-state index is 12.9. The number of benzene rings is 1. The van der Waals surface area contributed by atoms with E-state index in [1.54, 1.807) is 45.2 Å². The van der Waals surface area contributed by atoms with Crippen LogP contribution in [0.4, 0.5) is 17.5 Å². The van der Waals surface area contributed by atoms with Gasteiger partial charge in [-0.25, -0.2) is 13.4 Å². The van der Waals surface area contributed by atoms with Crippen molar-refractivity contribution in [3.8, 4) is 0 Å². The third-order valence-electron chi connectivity index (χ3n) is 6.79. The summed E-state index contributed by atoms with van der Waals surface area (Å²) in [4.78, 5) is 9.17. The molecule has 0 saturated carbocycles. The number of nitrogens with one attached hydrogen (secondary N) is 3. The summed E-state index contributed by atoms with van der Waals surface area (Å²) < 4.78 is 31.6. The maximum Gasteiger partial charge on any atom is 0.225 e. The van der Waals surface area contributed by atoms with E-state index in [9.17, 15) is 8.42 Å². The number of ether oxygens (including phenoxy) is 1. The fourth-order valence-corrected chi connectivity index (χ4v) is 6.13. The number of aromatic nitrogens is 2. The summed E-state index contributed by atoms with van der Waals surface area (Å²) in [5.41, 5.74) is 3.07. The fourth-order valence-electron chi connectivity index (χ4n) is 4.79. The first-order valence-electron chi connectivity index (χ1n) is 12.8. The van der Waals surface area contributed by atoms with Crippen LogP contribution < -0.4 is 16.0 Å². The van der Waals surface area contributed by atoms with Crippen LogP contribution >= 0.6 is 11.6 Å². The van der Waals surface area contributed by atoms with Gasteiger partial charge in [-0.2, -0.15) is 4.98 Å². The molecule has 2 heterocycles. The Hall–Kier alpha value is -2.46. The van der Waals surface area contributed by atoms with Gasteiger partial charge in [0.1, 0.15) is 5.02 Å². The number of anilines is 3. The summed E-state index contributed by atoms with van der Waals surface area (Å²) in [6, 6.07) is 6.93. The van der Waals surface area contributed by atoms with Gasteiger partial charge in [0.15, 0.2) is 15.7 Å². The summed E-state index contributed by atoms with van der Waals surface area (Å²) in [7, 11) is -1.80. The first-order chi connectivity index (χ1) is 17.7. The molecule has 8 nitrogen and oxygen atoms in total. The van der Waals surface area contributed by atoms with Gasteiger partial charge in [-0.05, 0) is 69.0 Å². The van der Waals surface area contributed by atoms with E-state index in [4.69, 9.17) is 16.3 Å². The Kier molecular flexibility index (Phi) is 8.90. The van der Waals surface area contributed by atoms with Crippen molar-refractivity contribution in [1.82, 2.24) is 15.3 Å². The van der Waals surface area contributed by atoms with Crippen molar-refractivity contribution >= 4 is 38.9 Å². The van der Waals surface area contributed by atoms with E-state index in [1.165, 1.54) is 17.3 Å². The average molecular weight is 546 g/mol. The van der Waals surface area contributed by atoms with Crippen LogP contribution in [-0.2, 0) is 14.6 Å². The van der Waals surface area contributed by atoms with Crippen molar-refractivity contribution < 1.29 is 13.2 Å². The van der Waals surface area contributed by atoms with Gasteiger partial charge in [0.2, 0.25) is 5.95 Å². The highest BCUT2D eigenvalue weighted by atomic mass is 35.5. The molecule has 37 heavy (non-hydrogen) atoms. The topological polar surface area (TPSA) is 105 Å². The van der Waals surface area contributed by atoms with Crippen LogP contribution in [-0.4, -0.2) is 55.5 Å². The minimum Gasteiger partial charge on any atom is -0.375 e. The lowest BCUT2D eigenvalue weighted by molar-refractivity contribution is 0.132. The summed E-state index contributed by atoms with van der Waals surface area (Å²) in [5.74, 6) is 0.689. The zero-order valence-electron chi connectivity index (χ0n) is 21.8. The molecule has 3 N–H and O–H groups in total. The second-order valence-electron chi connectivity index (χ2n) is 9.69. The first kappa shape index (κ1) is 27.6. The Morgan fingerprint density at radius 2 is 2.03 bits per heavy atom. The highest BCUT2D eigenvalue weighted by Gasteiger charge is 2.30. The number of hydrogen-bond acceptors (Lipinski definition) is 8. The zero-order valence-corrected chi connectivity index (χ0v) is 23.4. The number of methoxy groups -OCH3 is 1. The van der Waals surface area contributed by atoms with Crippen molar-refractivity contribution in [2.24, 2.45) is 0 Å². The van der Waals surface area contributed by atoms with Gasteiger partial charge in [0, 0.05) is 13.2 Å². The number of rotatable bonds is 9. The molecule has 3 unspecified atom stereocenters. The third kappa shape index (κ3) is 6.17. The van der Waals surface area contributed by atoms with Crippen LogP contribution in [0.5, 0.6) is 0 Å². The molecule has 0 radical (unpaired) electrons. The largest absolute Gasteiger partial charge is 0.375 e. The zero-order chi connectivity index (χ0) is 26.6. The smallest absolute Gasteiger partial charge is 0.225 e. The Labute approximate surface area is 224 Å². The van der Waals surface area contributed by atoms with Crippen LogP contribution in [0.3, 0.4) is 0 Å². The van der Waals surface area contributed by atoms with E-state index < -0.39 is 15.1 Å². The van der Waals surface area contributed by atoms with Crippen molar-refractivity contribution in [3.05, 3.63) is 58.8 Å². The van der Waals surface area contributed by atoms with E-state index in [1.807, 2.05) is 0 Å². The minimum atomic E-state index is -3.51. The predicted octanol–water partition coefficient (Wildman–Crippen LogP) is 5.27. The molecule has 4 rings (SSSR count). The van der Waals surface area contributed by atoms with E-state index in [0.717, 1.165) is 32.2 Å². The molecular weight excluding hydrogens is 510 g/mol. The lowest BCUT2D eigenvalue weighted by Crippen LogP contribution is -2.38. The Balaban J connectivity index is 1.60. The number of nitrogens with zero attached hydrogens (tertiary/aromatic N) is 2. The van der Waals surface area contributed by atoms with E-state index in [-0.39, 0.29) is 22.1 Å². The SMILES string of the molecule is CCCC1NCCCC2=CC(Nc3ncc(Cl)c(Nc4ccccc4S(=O)(=O)C(C)C)n3)C(OC)C=C21. The van der Waals surface area contributed by atoms with Crippen LogP contribution in [0.15, 0.2) is 58.7 Å². The van der Waals surface area contributed by atoms with Gasteiger partial charge >= 0.3 is 0 Å². The average Bonchev–Trinajstić information content (AvgIpc) is 3.07. The van der Waals surface area contributed by atoms with Gasteiger partial charge in [-0.3, -0.25) is 0 Å². The molecule has 0 spiro atoms. The molecule has 0 amide bonds. The highest BCUT2D eigenvalue weighted by Crippen LogP contribution is 2.33. The standard InChI is InChI=1S/C27H36ClN5O3S/c1-5-9-21-19-15-24(36-4)23(14-18(19)10-8-13-29-21)32-27-30-16-20(28)26(33-27)31-22-11-6-7-12-25(22)37(34,35)17(2)3/h6-7,11-12,14-17,21,23-24,29H,5,8-10,13H2,1-4H3,(H2,30,31,32,33). The molecule has 1 fully saturated rings. The maximum atomic E-state index is 12.9. The van der Waals surface area contributed by atoms with Gasteiger partial charge in [0.05, 0.1) is 34.2 Å². The highest BCUT2D eigenvalue weighted by molar-refractivity contribution is 7.92. The quantitative estimate of drug-likeness (QED) is 0.391. The van der Waals surface area contributed by atoms with E-state index in [0.29, 0.717) is 23.5 Å². The van der Waals surface area contributed by atoms with Crippen molar-refractivity contribution in [1.29, 1.82) is 0 Å². The van der Waals surface area contributed by atoms with Crippen LogP contribution in [0.2, 0.25) is 5.02 Å². The Morgan fingerprint density at radius 1 is 1.24 bits per heavy atom. The van der Waals surface area contributed by atoms with Crippen LogP contribution in [0.25, 0.3) is 0 Å². The lowest BCUT2D eigenvalue weighted by Gasteiger charge is -2.31. The molecule has 3 atom stereocenters. The lowest BCUT2D eigenvalue weighted by atomic mass is 9.86. The Morgan fingerprint density at radius 3 is 2.76 bits per heavy atom. The predicted molar refractivity (Wildman–Crippen MR) is 149 cm³/mol. The van der Waals surface area contributed by atoms with Crippen molar-refractivity contribution in [2.45, 2.75) is 74.8 Å². The molecule has 1 aromatic carbocycles. The van der Waals surface area contributed by atoms with Gasteiger partial charge in [0.25, 0.3) is 0 Å². The molecule has 200 valence electrons. The summed E-state index contributed by atoms with van der Waals surface area (Å²) >= 11 is 6.41. The molecule has 10 heteroatoms. The second kappa shape index (κ2) is 11.9. The summed E-state index contributed by atoms with van der Waals surface area (Å²) in [6.45, 7) is 6.52. The molecule has 0 bridgehead atoms. The molecule has 2 aromatic rings. The van der Waals surface area contributed by atoms with Crippen molar-refractivity contribution in [2.75, 3.05) is 24.3 Å². The van der Waals surface area contributed by atoms with Crippen LogP contribution in [0, 0.1) is 0 Å². The summed E-state index contributed by atoms with van der Waals surface area (Å²) in [6.07, 6.45) is 10.0. The van der Waals surface area contributed by atoms with Gasteiger partial charge in [-0.1, -0.05) is 43.2 Å². The number of halogens is 1. The molecule has 1 aliphatic carbocycles. The number of sulfone groups is 1. The van der Waals surface area contributed by atoms with E-state index in [2.05, 4.69) is 45.0 Å². The van der Waals surface area contributed by atoms with Gasteiger partial charge in [-0.15, -0.1) is 0 Å². The Bertz CT molecular complexity index is 1280. The van der Waals surface area contributed by atoms with E-state index >= 15 is 0 Å². The molecule has 2 aliphatic rings. The van der Waals surface area contributed by atoms with Crippen molar-refractivity contribution in [3.63, 3.8) is 0 Å². The normalized spacial score (nSPS) is 22.1. The third-order valence-corrected chi connectivity index (χ3v) is 9.28. The molecule has 1 aliphatic heterocycles. The van der Waals surface area contributed by atoms with Gasteiger partial charge < -0.3 is 20.7 Å². The monoisotopic (exact) mass is 545 g/mol. The fraction of sp³-hybridized carbons (Fsp3) is 0.481.